The minimum Gasteiger partial charge on any atom is -0.378 e. The maximum Gasteiger partial charge on any atom is 0.296 e. The summed E-state index contributed by atoms with van der Waals surface area (Å²) in [5.41, 5.74) is 3.87. The van der Waals surface area contributed by atoms with Gasteiger partial charge in [-0.05, 0) is 62.4 Å². The van der Waals surface area contributed by atoms with Gasteiger partial charge in [0.05, 0.1) is 22.9 Å². The summed E-state index contributed by atoms with van der Waals surface area (Å²) in [7, 11) is 0.491. The van der Waals surface area contributed by atoms with Crippen LogP contribution in [0.2, 0.25) is 0 Å². The molecule has 0 saturated heterocycles. The molecule has 7 heteroatoms. The maximum absolute atomic E-state index is 11.3. The highest BCUT2D eigenvalue weighted by Crippen LogP contribution is 2.17. The molecule has 0 saturated carbocycles. The van der Waals surface area contributed by atoms with E-state index in [0.717, 1.165) is 22.6 Å². The Labute approximate surface area is 184 Å². The number of aryl methyl sites for hydroxylation is 1. The van der Waals surface area contributed by atoms with Gasteiger partial charge in [0.15, 0.2) is 0 Å². The quantitative estimate of drug-likeness (QED) is 0.371. The number of nitrogens with zero attached hydrogens (tertiary/aromatic N) is 3. The zero-order valence-electron chi connectivity index (χ0n) is 18.2. The summed E-state index contributed by atoms with van der Waals surface area (Å²) in [5.74, 6) is 0. The van der Waals surface area contributed by atoms with Gasteiger partial charge in [-0.25, -0.2) is 0 Å². The molecule has 162 valence electrons. The molecule has 6 nitrogen and oxygen atoms in total. The van der Waals surface area contributed by atoms with E-state index in [2.05, 4.69) is 20.2 Å². The molecule has 0 unspecified atom stereocenters. The van der Waals surface area contributed by atoms with Crippen LogP contribution in [0.4, 0.5) is 17.1 Å². The van der Waals surface area contributed by atoms with Crippen molar-refractivity contribution >= 4 is 33.2 Å². The lowest BCUT2D eigenvalue weighted by Gasteiger charge is -2.11. The van der Waals surface area contributed by atoms with Gasteiger partial charge < -0.3 is 4.90 Å². The third kappa shape index (κ3) is 8.18. The van der Waals surface area contributed by atoms with Crippen LogP contribution in [0.3, 0.4) is 0 Å². The van der Waals surface area contributed by atoms with Crippen molar-refractivity contribution in [2.75, 3.05) is 25.6 Å². The highest BCUT2D eigenvalue weighted by Gasteiger charge is 2.12. The van der Waals surface area contributed by atoms with Gasteiger partial charge >= 0.3 is 0 Å². The van der Waals surface area contributed by atoms with E-state index in [1.165, 1.54) is 0 Å². The van der Waals surface area contributed by atoms with Crippen LogP contribution in [0.1, 0.15) is 12.5 Å². The van der Waals surface area contributed by atoms with E-state index in [9.17, 15) is 8.42 Å². The van der Waals surface area contributed by atoms with Crippen LogP contribution < -0.4 is 4.90 Å². The second-order valence-corrected chi connectivity index (χ2v) is 8.36. The Morgan fingerprint density at radius 1 is 0.839 bits per heavy atom. The lowest BCUT2D eigenvalue weighted by Crippen LogP contribution is -2.07. The molecule has 3 aromatic rings. The van der Waals surface area contributed by atoms with Crippen molar-refractivity contribution < 1.29 is 12.6 Å². The summed E-state index contributed by atoms with van der Waals surface area (Å²) in [6, 6.07) is 26.9. The number of hydrogen-bond acceptors (Lipinski definition) is 6. The van der Waals surface area contributed by atoms with Gasteiger partial charge in [-0.2, -0.15) is 18.4 Å². The van der Waals surface area contributed by atoms with Crippen molar-refractivity contribution in [1.82, 2.24) is 0 Å². The van der Waals surface area contributed by atoms with E-state index < -0.39 is 10.1 Å². The molecule has 0 N–H and O–H groups in total. The number of rotatable bonds is 6. The third-order valence-corrected chi connectivity index (χ3v) is 5.46. The molecule has 3 rings (SSSR count). The van der Waals surface area contributed by atoms with E-state index in [1.807, 2.05) is 80.5 Å². The molecule has 0 radical (unpaired) electrons. The van der Waals surface area contributed by atoms with Crippen LogP contribution >= 0.6 is 0 Å². The Morgan fingerprint density at radius 3 is 1.90 bits per heavy atom. The average Bonchev–Trinajstić information content (AvgIpc) is 2.76. The van der Waals surface area contributed by atoms with Crippen molar-refractivity contribution in [3.05, 3.63) is 84.4 Å². The topological polar surface area (TPSA) is 71.3 Å². The summed E-state index contributed by atoms with van der Waals surface area (Å²) >= 11 is 0. The molecule has 0 atom stereocenters. The zero-order valence-corrected chi connectivity index (χ0v) is 19.0. The molecular formula is C24H27N3O3S. The first-order valence-corrected chi connectivity index (χ1v) is 11.2. The molecule has 0 aliphatic heterocycles. The molecule has 31 heavy (non-hydrogen) atoms. The molecule has 0 bridgehead atoms. The summed E-state index contributed by atoms with van der Waals surface area (Å²) in [6.45, 7) is 3.71. The Kier molecular flexibility index (Phi) is 9.15. The normalized spacial score (nSPS) is 10.3. The van der Waals surface area contributed by atoms with Crippen molar-refractivity contribution in [1.29, 1.82) is 0 Å². The first-order valence-electron chi connectivity index (χ1n) is 9.77. The first-order chi connectivity index (χ1) is 14.8. The zero-order chi connectivity index (χ0) is 22.7. The molecule has 0 heterocycles. The smallest absolute Gasteiger partial charge is 0.296 e. The maximum atomic E-state index is 11.3. The number of hydrogen-bond donors (Lipinski definition) is 0. The fourth-order valence-electron chi connectivity index (χ4n) is 2.40. The predicted molar refractivity (Wildman–Crippen MR) is 126 cm³/mol. The minimum atomic E-state index is -3.53. The van der Waals surface area contributed by atoms with Crippen LogP contribution in [0.15, 0.2) is 93.7 Å². The van der Waals surface area contributed by atoms with Gasteiger partial charge in [-0.15, -0.1) is 0 Å². The molecule has 0 spiro atoms. The van der Waals surface area contributed by atoms with Gasteiger partial charge in [-0.3, -0.25) is 4.18 Å². The average molecular weight is 438 g/mol. The van der Waals surface area contributed by atoms with Crippen LogP contribution in [0.5, 0.6) is 0 Å². The van der Waals surface area contributed by atoms with Crippen LogP contribution in [0, 0.1) is 6.92 Å². The Bertz CT molecular complexity index is 1100. The number of aliphatic imine (C=N–C) groups is 2. The summed E-state index contributed by atoms with van der Waals surface area (Å²) in [5, 5.41) is 0. The van der Waals surface area contributed by atoms with Gasteiger partial charge in [0.25, 0.3) is 10.1 Å². The molecule has 0 aliphatic rings. The van der Waals surface area contributed by atoms with Crippen molar-refractivity contribution in [2.45, 2.75) is 18.7 Å². The largest absolute Gasteiger partial charge is 0.378 e. The van der Waals surface area contributed by atoms with E-state index in [4.69, 9.17) is 0 Å². The van der Waals surface area contributed by atoms with Crippen LogP contribution in [0.25, 0.3) is 0 Å². The van der Waals surface area contributed by atoms with Crippen LogP contribution in [-0.2, 0) is 14.3 Å². The highest BCUT2D eigenvalue weighted by atomic mass is 32.2. The van der Waals surface area contributed by atoms with Crippen molar-refractivity contribution in [3.8, 4) is 0 Å². The molecule has 0 fully saturated rings. The summed E-state index contributed by atoms with van der Waals surface area (Å²) in [4.78, 5) is 10.6. The Morgan fingerprint density at radius 2 is 1.39 bits per heavy atom. The molecule has 0 aromatic heterocycles. The first kappa shape index (κ1) is 24.0. The van der Waals surface area contributed by atoms with E-state index in [0.29, 0.717) is 0 Å². The van der Waals surface area contributed by atoms with Crippen LogP contribution in [-0.4, -0.2) is 35.1 Å². The third-order valence-electron chi connectivity index (χ3n) is 4.06. The van der Waals surface area contributed by atoms with Gasteiger partial charge in [-0.1, -0.05) is 35.9 Å². The lowest BCUT2D eigenvalue weighted by molar-refractivity contribution is 0.338. The number of anilines is 1. The predicted octanol–water partition coefficient (Wildman–Crippen LogP) is 5.61. The minimum absolute atomic E-state index is 0.163. The SMILES string of the molecule is CCOS(=O)(=O)c1ccc(C)cc1.CN(C)c1ccc(N=C=Nc2ccccc2)cc1. The number of benzene rings is 3. The van der Waals surface area contributed by atoms with Gasteiger partial charge in [0.2, 0.25) is 0 Å². The molecular weight excluding hydrogens is 410 g/mol. The number of para-hydroxylation sites is 1. The summed E-state index contributed by atoms with van der Waals surface area (Å²) < 4.78 is 27.3. The Balaban J connectivity index is 0.000000233. The fraction of sp³-hybridized carbons (Fsp3) is 0.208. The van der Waals surface area contributed by atoms with Crippen molar-refractivity contribution in [3.63, 3.8) is 0 Å². The molecule has 3 aromatic carbocycles. The van der Waals surface area contributed by atoms with Gasteiger partial charge in [0.1, 0.15) is 6.01 Å². The fourth-order valence-corrected chi connectivity index (χ4v) is 3.31. The monoisotopic (exact) mass is 437 g/mol. The second kappa shape index (κ2) is 11.8. The summed E-state index contributed by atoms with van der Waals surface area (Å²) in [6.07, 6.45) is 0. The van der Waals surface area contributed by atoms with Crippen molar-refractivity contribution in [2.24, 2.45) is 9.98 Å². The standard InChI is InChI=1S/C15H15N3.C9H12O3S/c1-18(2)15-10-8-14(9-11-15)17-12-16-13-6-4-3-5-7-13;1-3-12-13(10,11)9-6-4-8(2)5-7-9/h3-11H,1-2H3;4-7H,3H2,1-2H3. The highest BCUT2D eigenvalue weighted by molar-refractivity contribution is 7.86. The Hall–Kier alpha value is -3.25. The van der Waals surface area contributed by atoms with E-state index in [-0.39, 0.29) is 11.5 Å². The van der Waals surface area contributed by atoms with Gasteiger partial charge in [0, 0.05) is 19.8 Å². The lowest BCUT2D eigenvalue weighted by atomic mass is 10.2. The molecule has 0 aliphatic carbocycles. The molecule has 0 amide bonds. The second-order valence-electron chi connectivity index (χ2n) is 6.74. The van der Waals surface area contributed by atoms with E-state index >= 15 is 0 Å². The van der Waals surface area contributed by atoms with E-state index in [1.54, 1.807) is 31.2 Å².